The number of nitrogens with one attached hydrogen (secondary N) is 1. The highest BCUT2D eigenvalue weighted by Gasteiger charge is 2.36. The van der Waals surface area contributed by atoms with Gasteiger partial charge < -0.3 is 19.7 Å². The molecular weight excluding hydrogens is 471 g/mol. The molecule has 3 rings (SSSR count). The average molecular weight is 493 g/mol. The Morgan fingerprint density at radius 3 is 2.48 bits per heavy atom. The Labute approximate surface area is 200 Å². The molecule has 1 aliphatic rings. The third kappa shape index (κ3) is 6.24. The van der Waals surface area contributed by atoms with Crippen LogP contribution in [0.2, 0.25) is 10.0 Å². The number of carbonyl (C=O) groups excluding carboxylic acids is 4. The molecule has 2 aromatic rings. The third-order valence-electron chi connectivity index (χ3n) is 4.79. The van der Waals surface area contributed by atoms with Gasteiger partial charge in [0.1, 0.15) is 0 Å². The molecule has 0 aliphatic carbocycles. The molecule has 1 fully saturated rings. The van der Waals surface area contributed by atoms with Crippen LogP contribution >= 0.6 is 23.2 Å². The van der Waals surface area contributed by atoms with Crippen molar-refractivity contribution in [3.8, 4) is 0 Å². The van der Waals surface area contributed by atoms with E-state index in [9.17, 15) is 19.2 Å². The monoisotopic (exact) mass is 492 g/mol. The second-order valence-corrected chi connectivity index (χ2v) is 8.45. The maximum absolute atomic E-state index is 12.4. The lowest BCUT2D eigenvalue weighted by molar-refractivity contribution is -0.151. The number of rotatable bonds is 7. The fraction of sp³-hybridized carbons (Fsp3) is 0.304. The van der Waals surface area contributed by atoms with Gasteiger partial charge in [-0.25, -0.2) is 4.79 Å². The van der Waals surface area contributed by atoms with Gasteiger partial charge in [-0.15, -0.1) is 0 Å². The number of benzene rings is 2. The van der Waals surface area contributed by atoms with E-state index in [0.29, 0.717) is 16.9 Å². The van der Waals surface area contributed by atoms with Gasteiger partial charge in [0.15, 0.2) is 6.61 Å². The van der Waals surface area contributed by atoms with Crippen LogP contribution in [0, 0.1) is 5.92 Å². The number of halogens is 2. The van der Waals surface area contributed by atoms with Crippen molar-refractivity contribution in [1.82, 2.24) is 0 Å². The van der Waals surface area contributed by atoms with E-state index in [2.05, 4.69) is 5.32 Å². The predicted molar refractivity (Wildman–Crippen MR) is 124 cm³/mol. The summed E-state index contributed by atoms with van der Waals surface area (Å²) < 4.78 is 10.2. The molecule has 0 unspecified atom stereocenters. The highest BCUT2D eigenvalue weighted by atomic mass is 35.5. The first-order valence-electron chi connectivity index (χ1n) is 10.2. The van der Waals surface area contributed by atoms with Crippen molar-refractivity contribution in [2.45, 2.75) is 26.4 Å². The lowest BCUT2D eigenvalue weighted by atomic mass is 10.1. The van der Waals surface area contributed by atoms with Crippen molar-refractivity contribution in [2.24, 2.45) is 5.92 Å². The maximum Gasteiger partial charge on any atom is 0.338 e. The van der Waals surface area contributed by atoms with Crippen LogP contribution in [0.1, 0.15) is 30.6 Å². The number of esters is 2. The molecule has 1 saturated heterocycles. The fourth-order valence-electron chi connectivity index (χ4n) is 3.22. The van der Waals surface area contributed by atoms with Gasteiger partial charge in [-0.2, -0.15) is 0 Å². The maximum atomic E-state index is 12.4. The average Bonchev–Trinajstić information content (AvgIpc) is 3.16. The molecule has 0 radical (unpaired) electrons. The van der Waals surface area contributed by atoms with Crippen LogP contribution in [-0.2, 0) is 23.9 Å². The van der Waals surface area contributed by atoms with Gasteiger partial charge in [0, 0.05) is 18.7 Å². The summed E-state index contributed by atoms with van der Waals surface area (Å²) in [6, 6.07) is 11.1. The molecular formula is C23H22Cl2N2O6. The van der Waals surface area contributed by atoms with Crippen molar-refractivity contribution in [2.75, 3.05) is 23.4 Å². The van der Waals surface area contributed by atoms with E-state index in [0.717, 1.165) is 0 Å². The Morgan fingerprint density at radius 2 is 1.82 bits per heavy atom. The minimum absolute atomic E-state index is 0.0439. The van der Waals surface area contributed by atoms with Crippen LogP contribution in [0.4, 0.5) is 11.4 Å². The summed E-state index contributed by atoms with van der Waals surface area (Å²) >= 11 is 11.9. The molecule has 2 amide bonds. The van der Waals surface area contributed by atoms with Crippen LogP contribution in [0.15, 0.2) is 42.5 Å². The summed E-state index contributed by atoms with van der Waals surface area (Å²) in [5, 5.41) is 2.98. The second-order valence-electron chi connectivity index (χ2n) is 7.66. The molecule has 174 valence electrons. The standard InChI is InChI=1S/C23H22Cl2N2O6/c1-13(2)33-23(31)14-6-8-16(9-7-14)27-11-15(10-20(27)29)22(30)32-12-19(28)26-18-5-3-4-17(24)21(18)25/h3-9,13,15H,10-12H2,1-2H3,(H,26,28)/t15-/m1/s1. The van der Waals surface area contributed by atoms with E-state index in [1.54, 1.807) is 56.3 Å². The van der Waals surface area contributed by atoms with E-state index >= 15 is 0 Å². The van der Waals surface area contributed by atoms with E-state index in [4.69, 9.17) is 32.7 Å². The fourth-order valence-corrected chi connectivity index (χ4v) is 3.56. The van der Waals surface area contributed by atoms with Gasteiger partial charge >= 0.3 is 11.9 Å². The molecule has 0 aromatic heterocycles. The highest BCUT2D eigenvalue weighted by Crippen LogP contribution is 2.29. The first-order valence-corrected chi connectivity index (χ1v) is 10.9. The summed E-state index contributed by atoms with van der Waals surface area (Å²) in [5.41, 5.74) is 1.21. The number of hydrogen-bond donors (Lipinski definition) is 1. The Hall–Kier alpha value is -3.10. The summed E-state index contributed by atoms with van der Waals surface area (Å²) in [6.07, 6.45) is -0.286. The van der Waals surface area contributed by atoms with Gasteiger partial charge in [0.25, 0.3) is 5.91 Å². The topological polar surface area (TPSA) is 102 Å². The minimum Gasteiger partial charge on any atom is -0.459 e. The first kappa shape index (κ1) is 24.5. The minimum atomic E-state index is -0.717. The molecule has 33 heavy (non-hydrogen) atoms. The first-order chi connectivity index (χ1) is 15.7. The van der Waals surface area contributed by atoms with Crippen molar-refractivity contribution in [3.05, 3.63) is 58.1 Å². The van der Waals surface area contributed by atoms with Crippen LogP contribution < -0.4 is 10.2 Å². The third-order valence-corrected chi connectivity index (χ3v) is 5.61. The van der Waals surface area contributed by atoms with Gasteiger partial charge in [0.2, 0.25) is 5.91 Å². The quantitative estimate of drug-likeness (QED) is 0.583. The summed E-state index contributed by atoms with van der Waals surface area (Å²) in [4.78, 5) is 50.3. The van der Waals surface area contributed by atoms with E-state index < -0.39 is 30.4 Å². The molecule has 1 heterocycles. The summed E-state index contributed by atoms with van der Waals surface area (Å²) in [6.45, 7) is 3.09. The lowest BCUT2D eigenvalue weighted by Crippen LogP contribution is -2.28. The van der Waals surface area contributed by atoms with Gasteiger partial charge in [-0.1, -0.05) is 29.3 Å². The van der Waals surface area contributed by atoms with Crippen molar-refractivity contribution in [3.63, 3.8) is 0 Å². The highest BCUT2D eigenvalue weighted by molar-refractivity contribution is 6.44. The zero-order valence-electron chi connectivity index (χ0n) is 18.0. The number of carbonyl (C=O) groups is 4. The van der Waals surface area contributed by atoms with Crippen LogP contribution in [-0.4, -0.2) is 43.0 Å². The molecule has 0 saturated carbocycles. The largest absolute Gasteiger partial charge is 0.459 e. The van der Waals surface area contributed by atoms with Crippen LogP contribution in [0.3, 0.4) is 0 Å². The predicted octanol–water partition coefficient (Wildman–Crippen LogP) is 4.09. The molecule has 1 N–H and O–H groups in total. The van der Waals surface area contributed by atoms with Gasteiger partial charge in [-0.3, -0.25) is 14.4 Å². The number of anilines is 2. The molecule has 8 nitrogen and oxygen atoms in total. The summed E-state index contributed by atoms with van der Waals surface area (Å²) in [5.74, 6) is -2.67. The molecule has 1 aliphatic heterocycles. The Bertz CT molecular complexity index is 1070. The van der Waals surface area contributed by atoms with Gasteiger partial charge in [-0.05, 0) is 50.2 Å². The zero-order valence-corrected chi connectivity index (χ0v) is 19.5. The number of ether oxygens (including phenoxy) is 2. The molecule has 0 spiro atoms. The smallest absolute Gasteiger partial charge is 0.338 e. The molecule has 0 bridgehead atoms. The van der Waals surface area contributed by atoms with E-state index in [-0.39, 0.29) is 35.0 Å². The molecule has 10 heteroatoms. The lowest BCUT2D eigenvalue weighted by Gasteiger charge is -2.17. The van der Waals surface area contributed by atoms with E-state index in [1.165, 1.54) is 4.90 Å². The van der Waals surface area contributed by atoms with Crippen molar-refractivity contribution in [1.29, 1.82) is 0 Å². The Balaban J connectivity index is 1.54. The zero-order chi connectivity index (χ0) is 24.1. The van der Waals surface area contributed by atoms with Crippen LogP contribution in [0.25, 0.3) is 0 Å². The van der Waals surface area contributed by atoms with E-state index in [1.807, 2.05) is 0 Å². The Morgan fingerprint density at radius 1 is 1.12 bits per heavy atom. The summed E-state index contributed by atoms with van der Waals surface area (Å²) in [7, 11) is 0. The van der Waals surface area contributed by atoms with Crippen LogP contribution in [0.5, 0.6) is 0 Å². The normalized spacial score (nSPS) is 15.5. The SMILES string of the molecule is CC(C)OC(=O)c1ccc(N2C[C@H](C(=O)OCC(=O)Nc3cccc(Cl)c3Cl)CC2=O)cc1. The number of hydrogen-bond acceptors (Lipinski definition) is 6. The molecule has 1 atom stereocenters. The second kappa shape index (κ2) is 10.7. The molecule has 2 aromatic carbocycles. The number of amides is 2. The van der Waals surface area contributed by atoms with Crippen molar-refractivity contribution >= 4 is 58.3 Å². The van der Waals surface area contributed by atoms with Crippen molar-refractivity contribution < 1.29 is 28.7 Å². The number of nitrogens with zero attached hydrogens (tertiary/aromatic N) is 1. The van der Waals surface area contributed by atoms with Gasteiger partial charge in [0.05, 0.1) is 33.3 Å². The Kier molecular flexibility index (Phi) is 7.94.